The van der Waals surface area contributed by atoms with Crippen LogP contribution in [0.1, 0.15) is 17.2 Å². The summed E-state index contributed by atoms with van der Waals surface area (Å²) in [4.78, 5) is 10.7. The Morgan fingerprint density at radius 3 is 2.65 bits per heavy atom. The van der Waals surface area contributed by atoms with Crippen LogP contribution < -0.4 is 5.32 Å². The lowest BCUT2D eigenvalue weighted by Crippen LogP contribution is -2.19. The minimum atomic E-state index is -0.323. The Hall–Kier alpha value is -1.47. The van der Waals surface area contributed by atoms with Crippen LogP contribution in [0, 0.1) is 13.7 Å². The van der Waals surface area contributed by atoms with E-state index in [1.165, 1.54) is 0 Å². The number of nitro groups is 1. The van der Waals surface area contributed by atoms with Crippen LogP contribution in [0.3, 0.4) is 0 Å². The molecule has 0 radical (unpaired) electrons. The van der Waals surface area contributed by atoms with Gasteiger partial charge in [-0.15, -0.1) is 0 Å². The first-order valence-electron chi connectivity index (χ1n) is 6.27. The van der Waals surface area contributed by atoms with Gasteiger partial charge < -0.3 is 5.32 Å². The van der Waals surface area contributed by atoms with Gasteiger partial charge in [0, 0.05) is 21.2 Å². The Morgan fingerprint density at radius 2 is 2.00 bits per heavy atom. The average molecular weight is 382 g/mol. The Labute approximate surface area is 131 Å². The monoisotopic (exact) mass is 382 g/mol. The molecule has 0 heterocycles. The lowest BCUT2D eigenvalue weighted by Gasteiger charge is -2.17. The molecular weight excluding hydrogens is 367 g/mol. The minimum Gasteiger partial charge on any atom is -0.313 e. The smallest absolute Gasteiger partial charge is 0.272 e. The van der Waals surface area contributed by atoms with Crippen LogP contribution in [-0.2, 0) is 6.42 Å². The maximum Gasteiger partial charge on any atom is 0.272 e. The number of halogens is 1. The molecular formula is C15H15IN2O2. The van der Waals surface area contributed by atoms with Gasteiger partial charge >= 0.3 is 0 Å². The van der Waals surface area contributed by atoms with Gasteiger partial charge in [0.2, 0.25) is 0 Å². The maximum absolute atomic E-state index is 11.1. The molecule has 1 unspecified atom stereocenters. The molecule has 0 fully saturated rings. The van der Waals surface area contributed by atoms with E-state index in [0.717, 1.165) is 14.7 Å². The third-order valence-corrected chi connectivity index (χ3v) is 3.88. The number of nitrogens with one attached hydrogen (secondary N) is 1. The highest BCUT2D eigenvalue weighted by Crippen LogP contribution is 2.25. The van der Waals surface area contributed by atoms with Crippen LogP contribution in [0.15, 0.2) is 48.5 Å². The molecule has 20 heavy (non-hydrogen) atoms. The van der Waals surface area contributed by atoms with Crippen molar-refractivity contribution in [2.45, 2.75) is 12.5 Å². The molecule has 2 aromatic carbocycles. The fourth-order valence-corrected chi connectivity index (χ4v) is 2.76. The molecule has 0 aliphatic heterocycles. The van der Waals surface area contributed by atoms with Gasteiger partial charge in [-0.3, -0.25) is 10.1 Å². The fraction of sp³-hybridized carbons (Fsp3) is 0.200. The zero-order chi connectivity index (χ0) is 14.5. The van der Waals surface area contributed by atoms with Crippen molar-refractivity contribution in [2.24, 2.45) is 0 Å². The molecule has 0 spiro atoms. The summed E-state index contributed by atoms with van der Waals surface area (Å²) >= 11 is 2.27. The van der Waals surface area contributed by atoms with Crippen LogP contribution in [0.4, 0.5) is 5.69 Å². The van der Waals surface area contributed by atoms with Crippen LogP contribution in [0.2, 0.25) is 0 Å². The minimum absolute atomic E-state index is 0.0609. The van der Waals surface area contributed by atoms with Crippen LogP contribution >= 0.6 is 22.6 Å². The van der Waals surface area contributed by atoms with Gasteiger partial charge in [0.1, 0.15) is 0 Å². The van der Waals surface area contributed by atoms with Crippen molar-refractivity contribution in [1.82, 2.24) is 5.32 Å². The second-order valence-electron chi connectivity index (χ2n) is 4.49. The summed E-state index contributed by atoms with van der Waals surface area (Å²) in [6, 6.07) is 15.1. The van der Waals surface area contributed by atoms with E-state index >= 15 is 0 Å². The van der Waals surface area contributed by atoms with E-state index in [1.807, 2.05) is 37.4 Å². The molecule has 104 valence electrons. The Morgan fingerprint density at radius 1 is 1.25 bits per heavy atom. The summed E-state index contributed by atoms with van der Waals surface area (Å²) in [5, 5.41) is 14.3. The summed E-state index contributed by atoms with van der Waals surface area (Å²) in [6.07, 6.45) is 0.591. The molecule has 5 heteroatoms. The number of benzene rings is 2. The third-order valence-electron chi connectivity index (χ3n) is 3.21. The Bertz CT molecular complexity index is 616. The van der Waals surface area contributed by atoms with Gasteiger partial charge in [0.15, 0.2) is 0 Å². The number of rotatable bonds is 5. The fourth-order valence-electron chi connectivity index (χ4n) is 2.19. The normalized spacial score (nSPS) is 12.1. The van der Waals surface area contributed by atoms with Gasteiger partial charge in [-0.25, -0.2) is 0 Å². The number of hydrogen-bond donors (Lipinski definition) is 1. The van der Waals surface area contributed by atoms with Gasteiger partial charge in [-0.1, -0.05) is 30.3 Å². The average Bonchev–Trinajstić information content (AvgIpc) is 2.45. The summed E-state index contributed by atoms with van der Waals surface area (Å²) in [6.45, 7) is 0. The summed E-state index contributed by atoms with van der Waals surface area (Å²) in [7, 11) is 1.87. The molecule has 0 bridgehead atoms. The molecule has 0 amide bonds. The predicted molar refractivity (Wildman–Crippen MR) is 87.8 cm³/mol. The first kappa shape index (κ1) is 14.9. The zero-order valence-corrected chi connectivity index (χ0v) is 13.2. The Balaban J connectivity index is 2.29. The molecule has 1 atom stereocenters. The number of nitro benzene ring substituents is 1. The van der Waals surface area contributed by atoms with Crippen molar-refractivity contribution in [3.8, 4) is 0 Å². The molecule has 0 aromatic heterocycles. The predicted octanol–water partition coefficient (Wildman–Crippen LogP) is 3.70. The maximum atomic E-state index is 11.1. The van der Waals surface area contributed by atoms with E-state index in [1.54, 1.807) is 12.1 Å². The largest absolute Gasteiger partial charge is 0.313 e. The second-order valence-corrected chi connectivity index (χ2v) is 5.73. The van der Waals surface area contributed by atoms with E-state index in [-0.39, 0.29) is 16.7 Å². The first-order valence-corrected chi connectivity index (χ1v) is 7.34. The van der Waals surface area contributed by atoms with E-state index in [2.05, 4.69) is 34.0 Å². The third kappa shape index (κ3) is 3.55. The molecule has 0 aliphatic rings. The lowest BCUT2D eigenvalue weighted by molar-refractivity contribution is -0.385. The Kier molecular flexibility index (Phi) is 5.08. The highest BCUT2D eigenvalue weighted by atomic mass is 127. The van der Waals surface area contributed by atoms with Crippen molar-refractivity contribution in [3.63, 3.8) is 0 Å². The van der Waals surface area contributed by atoms with Crippen LogP contribution in [-0.4, -0.2) is 12.0 Å². The van der Waals surface area contributed by atoms with E-state index in [0.29, 0.717) is 6.42 Å². The number of likely N-dealkylation sites (N-methyl/N-ethyl adjacent to an activating group) is 1. The number of para-hydroxylation sites is 1. The topological polar surface area (TPSA) is 55.2 Å². The second kappa shape index (κ2) is 6.81. The first-order chi connectivity index (χ1) is 9.61. The van der Waals surface area contributed by atoms with Crippen molar-refractivity contribution in [2.75, 3.05) is 7.05 Å². The molecule has 0 saturated heterocycles. The van der Waals surface area contributed by atoms with E-state index < -0.39 is 0 Å². The lowest BCUT2D eigenvalue weighted by atomic mass is 9.98. The van der Waals surface area contributed by atoms with Crippen molar-refractivity contribution < 1.29 is 4.92 Å². The molecule has 4 nitrogen and oxygen atoms in total. The molecule has 0 saturated carbocycles. The summed E-state index contributed by atoms with van der Waals surface area (Å²) in [5.41, 5.74) is 2.06. The summed E-state index contributed by atoms with van der Waals surface area (Å²) < 4.78 is 1.16. The standard InChI is InChI=1S/C15H15IN2O2/c1-17-14(11-6-4-7-13(16)9-11)10-12-5-2-3-8-15(12)18(19)20/h2-9,14,17H,10H2,1H3. The summed E-state index contributed by atoms with van der Waals surface area (Å²) in [5.74, 6) is 0. The van der Waals surface area contributed by atoms with Gasteiger partial charge in [-0.05, 0) is 53.8 Å². The van der Waals surface area contributed by atoms with E-state index in [4.69, 9.17) is 0 Å². The molecule has 1 N–H and O–H groups in total. The van der Waals surface area contributed by atoms with Crippen LogP contribution in [0.25, 0.3) is 0 Å². The molecule has 2 rings (SSSR count). The van der Waals surface area contributed by atoms with Gasteiger partial charge in [-0.2, -0.15) is 0 Å². The van der Waals surface area contributed by atoms with Gasteiger partial charge in [0.05, 0.1) is 4.92 Å². The van der Waals surface area contributed by atoms with Crippen molar-refractivity contribution >= 4 is 28.3 Å². The highest BCUT2D eigenvalue weighted by Gasteiger charge is 2.17. The van der Waals surface area contributed by atoms with E-state index in [9.17, 15) is 10.1 Å². The van der Waals surface area contributed by atoms with Gasteiger partial charge in [0.25, 0.3) is 5.69 Å². The molecule has 2 aromatic rings. The number of nitrogens with zero attached hydrogens (tertiary/aromatic N) is 1. The molecule has 0 aliphatic carbocycles. The van der Waals surface area contributed by atoms with Crippen LogP contribution in [0.5, 0.6) is 0 Å². The highest BCUT2D eigenvalue weighted by molar-refractivity contribution is 14.1. The SMILES string of the molecule is CNC(Cc1ccccc1[N+](=O)[O-])c1cccc(I)c1. The van der Waals surface area contributed by atoms with Crippen molar-refractivity contribution in [1.29, 1.82) is 0 Å². The quantitative estimate of drug-likeness (QED) is 0.488. The number of hydrogen-bond acceptors (Lipinski definition) is 3. The van der Waals surface area contributed by atoms with Crippen molar-refractivity contribution in [3.05, 3.63) is 73.3 Å². The zero-order valence-electron chi connectivity index (χ0n) is 11.0.